The number of benzene rings is 1. The van der Waals surface area contributed by atoms with Crippen molar-refractivity contribution < 1.29 is 9.90 Å². The number of carboxylic acid groups (broad SMARTS) is 1. The molecule has 0 heterocycles. The lowest BCUT2D eigenvalue weighted by molar-refractivity contribution is -0.138. The Morgan fingerprint density at radius 2 is 2.06 bits per heavy atom. The Morgan fingerprint density at radius 3 is 2.50 bits per heavy atom. The summed E-state index contributed by atoms with van der Waals surface area (Å²) in [5.41, 5.74) is 1.09. The number of aliphatic carboxylic acids is 1. The van der Waals surface area contributed by atoms with Gasteiger partial charge in [-0.2, -0.15) is 0 Å². The molecule has 1 aliphatic rings. The zero-order valence-electron chi connectivity index (χ0n) is 9.38. The highest BCUT2D eigenvalue weighted by Gasteiger charge is 2.46. The molecule has 0 saturated heterocycles. The number of rotatable bonds is 4. The molecule has 2 atom stereocenters. The maximum absolute atomic E-state index is 10.8. The van der Waals surface area contributed by atoms with Crippen LogP contribution in [0.5, 0.6) is 0 Å². The van der Waals surface area contributed by atoms with Gasteiger partial charge in [-0.1, -0.05) is 0 Å². The molecule has 0 radical (unpaired) electrons. The lowest BCUT2D eigenvalue weighted by Crippen LogP contribution is -2.23. The van der Waals surface area contributed by atoms with E-state index in [1.54, 1.807) is 11.8 Å². The Labute approximate surface area is 99.5 Å². The van der Waals surface area contributed by atoms with E-state index in [1.165, 1.54) is 4.90 Å². The normalized spacial score (nSPS) is 22.9. The number of hydrogen-bond acceptors (Lipinski definition) is 3. The average Bonchev–Trinajstić information content (AvgIpc) is 3.08. The molecule has 86 valence electrons. The Morgan fingerprint density at radius 1 is 1.44 bits per heavy atom. The third-order valence-electron chi connectivity index (χ3n) is 3.05. The quantitative estimate of drug-likeness (QED) is 0.816. The molecule has 2 unspecified atom stereocenters. The Kier molecular flexibility index (Phi) is 3.10. The molecule has 1 saturated carbocycles. The van der Waals surface area contributed by atoms with E-state index in [2.05, 4.69) is 17.0 Å². The van der Waals surface area contributed by atoms with Crippen LogP contribution >= 0.6 is 11.8 Å². The molecule has 1 aromatic rings. The fourth-order valence-corrected chi connectivity index (χ4v) is 2.29. The zero-order valence-corrected chi connectivity index (χ0v) is 10.2. The third-order valence-corrected chi connectivity index (χ3v) is 3.79. The van der Waals surface area contributed by atoms with Crippen molar-refractivity contribution in [3.8, 4) is 0 Å². The van der Waals surface area contributed by atoms with Crippen LogP contribution in [0.2, 0.25) is 0 Å². The summed E-state index contributed by atoms with van der Waals surface area (Å²) in [6.07, 6.45) is 2.80. The minimum atomic E-state index is -0.683. The van der Waals surface area contributed by atoms with Crippen molar-refractivity contribution in [1.82, 2.24) is 0 Å². The van der Waals surface area contributed by atoms with Crippen LogP contribution in [0.15, 0.2) is 29.2 Å². The van der Waals surface area contributed by atoms with Gasteiger partial charge in [0.1, 0.15) is 0 Å². The minimum Gasteiger partial charge on any atom is -0.481 e. The van der Waals surface area contributed by atoms with Crippen molar-refractivity contribution >= 4 is 23.4 Å². The van der Waals surface area contributed by atoms with Gasteiger partial charge in [-0.05, 0) is 36.9 Å². The van der Waals surface area contributed by atoms with Crippen LogP contribution in [0.3, 0.4) is 0 Å². The van der Waals surface area contributed by atoms with Gasteiger partial charge in [0.15, 0.2) is 0 Å². The van der Waals surface area contributed by atoms with Crippen LogP contribution in [0.4, 0.5) is 5.69 Å². The van der Waals surface area contributed by atoms with Gasteiger partial charge in [-0.3, -0.25) is 4.79 Å². The van der Waals surface area contributed by atoms with Crippen molar-refractivity contribution in [2.45, 2.75) is 17.4 Å². The molecule has 2 rings (SSSR count). The smallest absolute Gasteiger partial charge is 0.308 e. The van der Waals surface area contributed by atoms with E-state index in [-0.39, 0.29) is 12.0 Å². The van der Waals surface area contributed by atoms with E-state index in [4.69, 9.17) is 5.11 Å². The summed E-state index contributed by atoms with van der Waals surface area (Å²) in [5.74, 6) is -0.872. The fraction of sp³-hybridized carbons (Fsp3) is 0.417. The second-order valence-electron chi connectivity index (χ2n) is 4.06. The van der Waals surface area contributed by atoms with E-state index in [1.807, 2.05) is 25.4 Å². The van der Waals surface area contributed by atoms with Crippen LogP contribution in [-0.2, 0) is 4.79 Å². The van der Waals surface area contributed by atoms with Gasteiger partial charge < -0.3 is 10.0 Å². The lowest BCUT2D eigenvalue weighted by atomic mass is 10.3. The van der Waals surface area contributed by atoms with Crippen molar-refractivity contribution in [3.63, 3.8) is 0 Å². The molecule has 0 amide bonds. The van der Waals surface area contributed by atoms with Gasteiger partial charge in [0.25, 0.3) is 0 Å². The molecule has 1 fully saturated rings. The second-order valence-corrected chi connectivity index (χ2v) is 4.94. The van der Waals surface area contributed by atoms with Gasteiger partial charge >= 0.3 is 5.97 Å². The van der Waals surface area contributed by atoms with Crippen LogP contribution in [0, 0.1) is 5.92 Å². The van der Waals surface area contributed by atoms with Crippen LogP contribution < -0.4 is 4.90 Å². The standard InChI is InChI=1S/C12H15NO2S/c1-13(11-7-10(11)12(14)15)8-3-5-9(16-2)6-4-8/h3-6,10-11H,7H2,1-2H3,(H,14,15). The number of anilines is 1. The summed E-state index contributed by atoms with van der Waals surface area (Å²) in [4.78, 5) is 14.1. The highest BCUT2D eigenvalue weighted by Crippen LogP contribution is 2.37. The van der Waals surface area contributed by atoms with Crippen LogP contribution in [-0.4, -0.2) is 30.4 Å². The minimum absolute atomic E-state index is 0.164. The first kappa shape index (κ1) is 11.3. The largest absolute Gasteiger partial charge is 0.481 e. The van der Waals surface area contributed by atoms with Gasteiger partial charge in [-0.25, -0.2) is 0 Å². The van der Waals surface area contributed by atoms with Gasteiger partial charge in [0, 0.05) is 23.7 Å². The van der Waals surface area contributed by atoms with Crippen molar-refractivity contribution in [1.29, 1.82) is 0 Å². The third kappa shape index (κ3) is 2.16. The molecular formula is C12H15NO2S. The van der Waals surface area contributed by atoms with E-state index in [0.717, 1.165) is 12.1 Å². The average molecular weight is 237 g/mol. The van der Waals surface area contributed by atoms with Crippen molar-refractivity contribution in [3.05, 3.63) is 24.3 Å². The first-order chi connectivity index (χ1) is 7.63. The van der Waals surface area contributed by atoms with Crippen LogP contribution in [0.25, 0.3) is 0 Å². The molecule has 4 heteroatoms. The summed E-state index contributed by atoms with van der Waals surface area (Å²) in [6, 6.07) is 8.38. The molecule has 0 bridgehead atoms. The monoisotopic (exact) mass is 237 g/mol. The summed E-state index contributed by atoms with van der Waals surface area (Å²) >= 11 is 1.71. The topological polar surface area (TPSA) is 40.5 Å². The predicted octanol–water partition coefficient (Wildman–Crippen LogP) is 2.32. The number of carbonyl (C=O) groups is 1. The van der Waals surface area contributed by atoms with Crippen molar-refractivity contribution in [2.24, 2.45) is 5.92 Å². The molecule has 1 aromatic carbocycles. The van der Waals surface area contributed by atoms with E-state index >= 15 is 0 Å². The number of hydrogen-bond donors (Lipinski definition) is 1. The summed E-state index contributed by atoms with van der Waals surface area (Å²) in [5, 5.41) is 8.87. The molecular weight excluding hydrogens is 222 g/mol. The molecule has 3 nitrogen and oxygen atoms in total. The molecule has 0 aliphatic heterocycles. The molecule has 1 aliphatic carbocycles. The molecule has 0 aromatic heterocycles. The SMILES string of the molecule is CSc1ccc(N(C)C2CC2C(=O)O)cc1. The first-order valence-electron chi connectivity index (χ1n) is 5.23. The Balaban J connectivity index is 2.04. The lowest BCUT2D eigenvalue weighted by Gasteiger charge is -2.19. The van der Waals surface area contributed by atoms with E-state index < -0.39 is 5.97 Å². The van der Waals surface area contributed by atoms with Gasteiger partial charge in [-0.15, -0.1) is 11.8 Å². The maximum atomic E-state index is 10.8. The number of thioether (sulfide) groups is 1. The second kappa shape index (κ2) is 4.37. The van der Waals surface area contributed by atoms with Gasteiger partial charge in [0.05, 0.1) is 5.92 Å². The molecule has 0 spiro atoms. The highest BCUT2D eigenvalue weighted by molar-refractivity contribution is 7.98. The zero-order chi connectivity index (χ0) is 11.7. The van der Waals surface area contributed by atoms with E-state index in [0.29, 0.717) is 0 Å². The van der Waals surface area contributed by atoms with Gasteiger partial charge in [0.2, 0.25) is 0 Å². The molecule has 1 N–H and O–H groups in total. The molecule has 16 heavy (non-hydrogen) atoms. The summed E-state index contributed by atoms with van der Waals surface area (Å²) < 4.78 is 0. The first-order valence-corrected chi connectivity index (χ1v) is 6.45. The van der Waals surface area contributed by atoms with Crippen molar-refractivity contribution in [2.75, 3.05) is 18.2 Å². The highest BCUT2D eigenvalue weighted by atomic mass is 32.2. The Bertz CT molecular complexity index is 391. The number of nitrogens with zero attached hydrogens (tertiary/aromatic N) is 1. The Hall–Kier alpha value is -1.16. The predicted molar refractivity (Wildman–Crippen MR) is 66.2 cm³/mol. The maximum Gasteiger partial charge on any atom is 0.308 e. The summed E-state index contributed by atoms with van der Waals surface area (Å²) in [6.45, 7) is 0. The number of carboxylic acids is 1. The summed E-state index contributed by atoms with van der Waals surface area (Å²) in [7, 11) is 1.96. The van der Waals surface area contributed by atoms with E-state index in [9.17, 15) is 4.79 Å². The fourth-order valence-electron chi connectivity index (χ4n) is 1.88. The van der Waals surface area contributed by atoms with Crippen LogP contribution in [0.1, 0.15) is 6.42 Å².